The largest absolute Gasteiger partial charge is 0.378 e. The van der Waals surface area contributed by atoms with Crippen LogP contribution < -0.4 is 5.32 Å². The van der Waals surface area contributed by atoms with Crippen molar-refractivity contribution in [2.24, 2.45) is 0 Å². The van der Waals surface area contributed by atoms with Gasteiger partial charge >= 0.3 is 0 Å². The van der Waals surface area contributed by atoms with Gasteiger partial charge < -0.3 is 5.32 Å². The van der Waals surface area contributed by atoms with Crippen molar-refractivity contribution in [1.29, 1.82) is 0 Å². The molecule has 1 unspecified atom stereocenters. The molecule has 19 heavy (non-hydrogen) atoms. The van der Waals surface area contributed by atoms with Gasteiger partial charge in [0.15, 0.2) is 0 Å². The van der Waals surface area contributed by atoms with E-state index in [0.717, 1.165) is 17.3 Å². The van der Waals surface area contributed by atoms with E-state index in [1.165, 1.54) is 12.1 Å². The molecule has 0 bridgehead atoms. The Balaban J connectivity index is 2.20. The van der Waals surface area contributed by atoms with E-state index < -0.39 is 11.6 Å². The average molecular weight is 257 g/mol. The van der Waals surface area contributed by atoms with Crippen LogP contribution >= 0.6 is 0 Å². The molecule has 1 nitrogen and oxygen atoms in total. The van der Waals surface area contributed by atoms with Crippen molar-refractivity contribution in [3.63, 3.8) is 0 Å². The molecule has 1 N–H and O–H groups in total. The smallest absolute Gasteiger partial charge is 0.131 e. The van der Waals surface area contributed by atoms with Gasteiger partial charge in [0, 0.05) is 22.9 Å². The third-order valence-electron chi connectivity index (χ3n) is 2.84. The second kappa shape index (κ2) is 5.53. The molecule has 1 atom stereocenters. The fourth-order valence-corrected chi connectivity index (χ4v) is 1.88. The highest BCUT2D eigenvalue weighted by Gasteiger charge is 2.11. The van der Waals surface area contributed by atoms with E-state index in [9.17, 15) is 8.78 Å². The third-order valence-corrected chi connectivity index (χ3v) is 2.84. The monoisotopic (exact) mass is 257 g/mol. The van der Waals surface area contributed by atoms with Gasteiger partial charge in [0.05, 0.1) is 6.04 Å². The maximum Gasteiger partial charge on any atom is 0.131 e. The van der Waals surface area contributed by atoms with Crippen LogP contribution in [0.4, 0.5) is 14.5 Å². The number of rotatable bonds is 3. The first-order valence-electron chi connectivity index (χ1n) is 5.88. The minimum Gasteiger partial charge on any atom is -0.378 e. The molecule has 0 heterocycles. The number of benzene rings is 2. The standard InChI is InChI=1S/C16H13F2N/c1-3-12-5-4-6-14(9-12)19-11(2)15-8-7-13(17)10-16(15)18/h1,4-11,19H,2H3. The molecule has 0 saturated heterocycles. The summed E-state index contributed by atoms with van der Waals surface area (Å²) in [7, 11) is 0. The Labute approximate surface area is 111 Å². The van der Waals surface area contributed by atoms with E-state index in [0.29, 0.717) is 5.56 Å². The molecule has 2 aromatic carbocycles. The van der Waals surface area contributed by atoms with E-state index in [2.05, 4.69) is 11.2 Å². The molecular weight excluding hydrogens is 244 g/mol. The fraction of sp³-hybridized carbons (Fsp3) is 0.125. The molecule has 0 spiro atoms. The van der Waals surface area contributed by atoms with Crippen LogP contribution in [-0.4, -0.2) is 0 Å². The molecular formula is C16H13F2N. The molecule has 0 aromatic heterocycles. The second-order valence-corrected chi connectivity index (χ2v) is 4.26. The minimum absolute atomic E-state index is 0.284. The fourth-order valence-electron chi connectivity index (χ4n) is 1.88. The molecule has 2 aromatic rings. The van der Waals surface area contributed by atoms with Crippen molar-refractivity contribution in [3.8, 4) is 12.3 Å². The summed E-state index contributed by atoms with van der Waals surface area (Å²) in [6.07, 6.45) is 5.32. The number of nitrogens with one attached hydrogen (secondary N) is 1. The van der Waals surface area contributed by atoms with Crippen molar-refractivity contribution < 1.29 is 8.78 Å². The lowest BCUT2D eigenvalue weighted by Gasteiger charge is -2.16. The maximum absolute atomic E-state index is 13.6. The van der Waals surface area contributed by atoms with Crippen LogP contribution in [0.15, 0.2) is 42.5 Å². The van der Waals surface area contributed by atoms with Gasteiger partial charge in [0.2, 0.25) is 0 Å². The molecule has 0 amide bonds. The SMILES string of the molecule is C#Cc1cccc(NC(C)c2ccc(F)cc2F)c1. The minimum atomic E-state index is -0.581. The Kier molecular flexibility index (Phi) is 3.82. The Morgan fingerprint density at radius 2 is 1.95 bits per heavy atom. The second-order valence-electron chi connectivity index (χ2n) is 4.26. The number of halogens is 2. The summed E-state index contributed by atoms with van der Waals surface area (Å²) in [6, 6.07) is 10.6. The van der Waals surface area contributed by atoms with Crippen molar-refractivity contribution >= 4 is 5.69 Å². The molecule has 0 aliphatic heterocycles. The van der Waals surface area contributed by atoms with E-state index in [1.807, 2.05) is 18.2 Å². The third kappa shape index (κ3) is 3.11. The summed E-state index contributed by atoms with van der Waals surface area (Å²) in [5.41, 5.74) is 1.95. The summed E-state index contributed by atoms with van der Waals surface area (Å²) >= 11 is 0. The molecule has 0 saturated carbocycles. The highest BCUT2D eigenvalue weighted by molar-refractivity contribution is 5.51. The van der Waals surface area contributed by atoms with Gasteiger partial charge in [-0.15, -0.1) is 6.42 Å². The first kappa shape index (κ1) is 13.1. The Morgan fingerprint density at radius 1 is 1.16 bits per heavy atom. The molecule has 3 heteroatoms. The van der Waals surface area contributed by atoms with Crippen LogP contribution in [0, 0.1) is 24.0 Å². The van der Waals surface area contributed by atoms with Gasteiger partial charge in [-0.1, -0.05) is 18.1 Å². The lowest BCUT2D eigenvalue weighted by atomic mass is 10.1. The summed E-state index contributed by atoms with van der Waals surface area (Å²) in [6.45, 7) is 1.80. The number of anilines is 1. The first-order chi connectivity index (χ1) is 9.10. The summed E-state index contributed by atoms with van der Waals surface area (Å²) in [4.78, 5) is 0. The van der Waals surface area contributed by atoms with Crippen LogP contribution in [0.1, 0.15) is 24.1 Å². The van der Waals surface area contributed by atoms with E-state index in [-0.39, 0.29) is 6.04 Å². The van der Waals surface area contributed by atoms with Crippen molar-refractivity contribution in [1.82, 2.24) is 0 Å². The van der Waals surface area contributed by atoms with Crippen molar-refractivity contribution in [3.05, 3.63) is 65.2 Å². The number of hydrogen-bond donors (Lipinski definition) is 1. The zero-order chi connectivity index (χ0) is 13.8. The number of terminal acetylenes is 1. The highest BCUT2D eigenvalue weighted by Crippen LogP contribution is 2.22. The normalized spacial score (nSPS) is 11.7. The Morgan fingerprint density at radius 3 is 2.63 bits per heavy atom. The quantitative estimate of drug-likeness (QED) is 0.816. The topological polar surface area (TPSA) is 12.0 Å². The predicted molar refractivity (Wildman–Crippen MR) is 72.8 cm³/mol. The first-order valence-corrected chi connectivity index (χ1v) is 5.88. The van der Waals surface area contributed by atoms with Gasteiger partial charge in [-0.05, 0) is 31.2 Å². The molecule has 0 aliphatic rings. The molecule has 2 rings (SSSR count). The lowest BCUT2D eigenvalue weighted by Crippen LogP contribution is -2.08. The molecule has 0 aliphatic carbocycles. The van der Waals surface area contributed by atoms with Gasteiger partial charge in [-0.2, -0.15) is 0 Å². The molecule has 0 fully saturated rings. The molecule has 0 radical (unpaired) electrons. The summed E-state index contributed by atoms with van der Waals surface area (Å²) in [5.74, 6) is 1.39. The predicted octanol–water partition coefficient (Wildman–Crippen LogP) is 4.12. The summed E-state index contributed by atoms with van der Waals surface area (Å²) < 4.78 is 26.5. The number of hydrogen-bond acceptors (Lipinski definition) is 1. The van der Waals surface area contributed by atoms with Crippen molar-refractivity contribution in [2.45, 2.75) is 13.0 Å². The van der Waals surface area contributed by atoms with Crippen LogP contribution in [0.25, 0.3) is 0 Å². The Bertz CT molecular complexity index is 629. The maximum atomic E-state index is 13.6. The van der Waals surface area contributed by atoms with Crippen LogP contribution in [0.3, 0.4) is 0 Å². The average Bonchev–Trinajstić information content (AvgIpc) is 2.38. The van der Waals surface area contributed by atoms with Gasteiger partial charge in [0.25, 0.3) is 0 Å². The van der Waals surface area contributed by atoms with Crippen LogP contribution in [-0.2, 0) is 0 Å². The molecule has 96 valence electrons. The van der Waals surface area contributed by atoms with Gasteiger partial charge in [0.1, 0.15) is 11.6 Å². The summed E-state index contributed by atoms with van der Waals surface area (Å²) in [5, 5.41) is 3.14. The zero-order valence-electron chi connectivity index (χ0n) is 10.5. The van der Waals surface area contributed by atoms with E-state index in [4.69, 9.17) is 6.42 Å². The van der Waals surface area contributed by atoms with Gasteiger partial charge in [-0.25, -0.2) is 8.78 Å². The zero-order valence-corrected chi connectivity index (χ0v) is 10.5. The van der Waals surface area contributed by atoms with Crippen LogP contribution in [0.5, 0.6) is 0 Å². The van der Waals surface area contributed by atoms with E-state index >= 15 is 0 Å². The highest BCUT2D eigenvalue weighted by atomic mass is 19.1. The Hall–Kier alpha value is -2.34. The van der Waals surface area contributed by atoms with Crippen LogP contribution in [0.2, 0.25) is 0 Å². The van der Waals surface area contributed by atoms with Crippen molar-refractivity contribution in [2.75, 3.05) is 5.32 Å². The van der Waals surface area contributed by atoms with E-state index in [1.54, 1.807) is 13.0 Å². The van der Waals surface area contributed by atoms with Gasteiger partial charge in [-0.3, -0.25) is 0 Å². The lowest BCUT2D eigenvalue weighted by molar-refractivity contribution is 0.566.